The molecule has 0 aliphatic rings. The Morgan fingerprint density at radius 3 is 2.67 bits per heavy atom. The molecule has 104 valence electrons. The molecule has 0 amide bonds. The van der Waals surface area contributed by atoms with E-state index in [0.29, 0.717) is 5.69 Å². The summed E-state index contributed by atoms with van der Waals surface area (Å²) in [6.45, 7) is 0. The highest BCUT2D eigenvalue weighted by atomic mass is 16.5. The summed E-state index contributed by atoms with van der Waals surface area (Å²) in [5.74, 6) is 0.756. The molecule has 0 fully saturated rings. The summed E-state index contributed by atoms with van der Waals surface area (Å²) >= 11 is 0. The largest absolute Gasteiger partial charge is 0.496 e. The number of hydrogen-bond acceptors (Lipinski definition) is 3. The van der Waals surface area contributed by atoms with Crippen molar-refractivity contribution in [1.29, 1.82) is 0 Å². The van der Waals surface area contributed by atoms with Crippen LogP contribution in [0.4, 0.5) is 0 Å². The van der Waals surface area contributed by atoms with Crippen LogP contribution in [0.2, 0.25) is 0 Å². The average molecular weight is 278 g/mol. The Morgan fingerprint density at radius 1 is 1.05 bits per heavy atom. The fraction of sp³-hybridized carbons (Fsp3) is 0.0588. The number of nitrogens with one attached hydrogen (secondary N) is 1. The van der Waals surface area contributed by atoms with E-state index < -0.39 is 0 Å². The van der Waals surface area contributed by atoms with Crippen LogP contribution in [0.1, 0.15) is 11.3 Å². The van der Waals surface area contributed by atoms with Gasteiger partial charge in [0.2, 0.25) is 0 Å². The Balaban J connectivity index is 2.03. The zero-order valence-electron chi connectivity index (χ0n) is 11.5. The van der Waals surface area contributed by atoms with Gasteiger partial charge in [-0.15, -0.1) is 0 Å². The summed E-state index contributed by atoms with van der Waals surface area (Å²) in [5.41, 5.74) is 2.56. The van der Waals surface area contributed by atoms with Crippen LogP contribution in [0, 0.1) is 0 Å². The van der Waals surface area contributed by atoms with Crippen LogP contribution >= 0.6 is 0 Å². The highest BCUT2D eigenvalue weighted by molar-refractivity contribution is 5.77. The van der Waals surface area contributed by atoms with Crippen LogP contribution in [0.5, 0.6) is 5.75 Å². The maximum Gasteiger partial charge on any atom is 0.274 e. The second-order valence-electron chi connectivity index (χ2n) is 4.54. The van der Waals surface area contributed by atoms with Crippen LogP contribution in [0.25, 0.3) is 23.2 Å². The standard InChI is InChI=1S/C17H14N2O2/c1-21-16-9-5-2-6-12(16)10-11-15-17(20)19-14-8-4-3-7-13(14)18-15/h2-11H,1H3,(H,19,20). The fourth-order valence-electron chi connectivity index (χ4n) is 2.13. The molecule has 1 N–H and O–H groups in total. The number of aromatic amines is 1. The molecular weight excluding hydrogens is 264 g/mol. The van der Waals surface area contributed by atoms with Crippen molar-refractivity contribution in [3.05, 3.63) is 70.1 Å². The molecule has 1 heterocycles. The molecule has 0 unspecified atom stereocenters. The number of para-hydroxylation sites is 3. The van der Waals surface area contributed by atoms with Crippen molar-refractivity contribution in [2.75, 3.05) is 7.11 Å². The maximum atomic E-state index is 12.0. The van der Waals surface area contributed by atoms with Gasteiger partial charge in [0.1, 0.15) is 11.4 Å². The van der Waals surface area contributed by atoms with Gasteiger partial charge in [-0.3, -0.25) is 4.79 Å². The number of ether oxygens (including phenoxy) is 1. The molecule has 3 aromatic rings. The Morgan fingerprint density at radius 2 is 1.81 bits per heavy atom. The zero-order valence-corrected chi connectivity index (χ0v) is 11.5. The fourth-order valence-corrected chi connectivity index (χ4v) is 2.13. The number of fused-ring (bicyclic) bond motifs is 1. The van der Waals surface area contributed by atoms with Crippen LogP contribution in [-0.2, 0) is 0 Å². The minimum atomic E-state index is -0.208. The van der Waals surface area contributed by atoms with Gasteiger partial charge in [0.25, 0.3) is 5.56 Å². The van der Waals surface area contributed by atoms with E-state index >= 15 is 0 Å². The van der Waals surface area contributed by atoms with Crippen molar-refractivity contribution in [3.63, 3.8) is 0 Å². The van der Waals surface area contributed by atoms with E-state index in [1.807, 2.05) is 54.6 Å². The number of H-pyrrole nitrogens is 1. The van der Waals surface area contributed by atoms with E-state index in [9.17, 15) is 4.79 Å². The van der Waals surface area contributed by atoms with Crippen molar-refractivity contribution >= 4 is 23.2 Å². The normalized spacial score (nSPS) is 11.1. The summed E-state index contributed by atoms with van der Waals surface area (Å²) in [7, 11) is 1.62. The van der Waals surface area contributed by atoms with E-state index in [0.717, 1.165) is 22.3 Å². The summed E-state index contributed by atoms with van der Waals surface area (Å²) in [4.78, 5) is 19.2. The van der Waals surface area contributed by atoms with Crippen LogP contribution in [-0.4, -0.2) is 17.1 Å². The smallest absolute Gasteiger partial charge is 0.274 e. The van der Waals surface area contributed by atoms with Crippen molar-refractivity contribution in [2.24, 2.45) is 0 Å². The van der Waals surface area contributed by atoms with Crippen molar-refractivity contribution < 1.29 is 4.74 Å². The molecule has 1 aromatic heterocycles. The lowest BCUT2D eigenvalue weighted by Gasteiger charge is -2.03. The predicted molar refractivity (Wildman–Crippen MR) is 84.3 cm³/mol. The highest BCUT2D eigenvalue weighted by Crippen LogP contribution is 2.19. The first-order chi connectivity index (χ1) is 10.3. The molecule has 0 aliphatic heterocycles. The van der Waals surface area contributed by atoms with Gasteiger partial charge in [-0.05, 0) is 30.4 Å². The molecule has 0 saturated heterocycles. The lowest BCUT2D eigenvalue weighted by molar-refractivity contribution is 0.414. The maximum absolute atomic E-state index is 12.0. The van der Waals surface area contributed by atoms with Gasteiger partial charge < -0.3 is 9.72 Å². The van der Waals surface area contributed by atoms with E-state index in [1.54, 1.807) is 13.2 Å². The summed E-state index contributed by atoms with van der Waals surface area (Å²) < 4.78 is 5.28. The van der Waals surface area contributed by atoms with Gasteiger partial charge >= 0.3 is 0 Å². The quantitative estimate of drug-likeness (QED) is 0.801. The van der Waals surface area contributed by atoms with Gasteiger partial charge in [0.05, 0.1) is 18.1 Å². The molecule has 0 spiro atoms. The molecule has 3 rings (SSSR count). The van der Waals surface area contributed by atoms with Crippen LogP contribution in [0.3, 0.4) is 0 Å². The first-order valence-corrected chi connectivity index (χ1v) is 6.58. The van der Waals surface area contributed by atoms with E-state index in [4.69, 9.17) is 4.74 Å². The number of aromatic nitrogens is 2. The Bertz CT molecular complexity index is 866. The molecule has 0 saturated carbocycles. The SMILES string of the molecule is COc1ccccc1C=Cc1nc2ccccc2[nH]c1=O. The summed E-state index contributed by atoms with van der Waals surface area (Å²) in [6.07, 6.45) is 3.52. The van der Waals surface area contributed by atoms with Gasteiger partial charge in [-0.1, -0.05) is 30.3 Å². The van der Waals surface area contributed by atoms with E-state index in [1.165, 1.54) is 0 Å². The lowest BCUT2D eigenvalue weighted by Crippen LogP contribution is -2.11. The Hall–Kier alpha value is -2.88. The van der Waals surface area contributed by atoms with Gasteiger partial charge in [0.15, 0.2) is 0 Å². The van der Waals surface area contributed by atoms with Gasteiger partial charge in [-0.2, -0.15) is 0 Å². The molecule has 0 bridgehead atoms. The van der Waals surface area contributed by atoms with Crippen LogP contribution in [0.15, 0.2) is 53.3 Å². The molecular formula is C17H14N2O2. The highest BCUT2D eigenvalue weighted by Gasteiger charge is 2.02. The third-order valence-electron chi connectivity index (χ3n) is 3.19. The summed E-state index contributed by atoms with van der Waals surface area (Å²) in [6, 6.07) is 15.1. The topological polar surface area (TPSA) is 55.0 Å². The number of nitrogens with zero attached hydrogens (tertiary/aromatic N) is 1. The van der Waals surface area contributed by atoms with Gasteiger partial charge in [0, 0.05) is 5.56 Å². The first-order valence-electron chi connectivity index (χ1n) is 6.58. The molecule has 21 heavy (non-hydrogen) atoms. The van der Waals surface area contributed by atoms with Crippen molar-refractivity contribution in [2.45, 2.75) is 0 Å². The predicted octanol–water partition coefficient (Wildman–Crippen LogP) is 3.10. The third-order valence-corrected chi connectivity index (χ3v) is 3.19. The molecule has 0 aliphatic carbocycles. The van der Waals surface area contributed by atoms with Gasteiger partial charge in [-0.25, -0.2) is 4.98 Å². The number of methoxy groups -OCH3 is 1. The third kappa shape index (κ3) is 2.69. The number of rotatable bonds is 3. The second kappa shape index (κ2) is 5.63. The molecule has 0 atom stereocenters. The Labute approximate surface area is 121 Å². The first kappa shape index (κ1) is 13.1. The molecule has 4 heteroatoms. The molecule has 0 radical (unpaired) electrons. The minimum Gasteiger partial charge on any atom is -0.496 e. The van der Waals surface area contributed by atoms with E-state index in [2.05, 4.69) is 9.97 Å². The Kier molecular flexibility index (Phi) is 3.51. The summed E-state index contributed by atoms with van der Waals surface area (Å²) in [5, 5.41) is 0. The van der Waals surface area contributed by atoms with Crippen molar-refractivity contribution in [1.82, 2.24) is 9.97 Å². The second-order valence-corrected chi connectivity index (χ2v) is 4.54. The van der Waals surface area contributed by atoms with Crippen molar-refractivity contribution in [3.8, 4) is 5.75 Å². The molecule has 2 aromatic carbocycles. The monoisotopic (exact) mass is 278 g/mol. The van der Waals surface area contributed by atoms with Crippen LogP contribution < -0.4 is 10.3 Å². The average Bonchev–Trinajstić information content (AvgIpc) is 2.53. The lowest BCUT2D eigenvalue weighted by atomic mass is 10.1. The minimum absolute atomic E-state index is 0.208. The number of benzene rings is 2. The van der Waals surface area contributed by atoms with E-state index in [-0.39, 0.29) is 5.56 Å². The number of hydrogen-bond donors (Lipinski definition) is 1. The molecule has 4 nitrogen and oxygen atoms in total. The zero-order chi connectivity index (χ0) is 14.7.